The first-order valence-corrected chi connectivity index (χ1v) is 11.6. The number of nitrogens with two attached hydrogens (primary N) is 1. The van der Waals surface area contributed by atoms with Gasteiger partial charge in [0.25, 0.3) is 15.9 Å². The number of aliphatic hydroxyl groups excluding tert-OH is 1. The van der Waals surface area contributed by atoms with Crippen molar-refractivity contribution in [3.63, 3.8) is 0 Å². The maximum Gasteiger partial charge on any atom is 0.264 e. The average Bonchev–Trinajstić information content (AvgIpc) is 2.78. The number of sulfonamides is 1. The molecule has 0 unspecified atom stereocenters. The van der Waals surface area contributed by atoms with Crippen molar-refractivity contribution in [1.29, 1.82) is 0 Å². The molecule has 33 heavy (non-hydrogen) atoms. The van der Waals surface area contributed by atoms with E-state index in [1.54, 1.807) is 6.07 Å². The lowest BCUT2D eigenvalue weighted by atomic mass is 10.1. The third-order valence-corrected chi connectivity index (χ3v) is 7.08. The van der Waals surface area contributed by atoms with Gasteiger partial charge in [0.2, 0.25) is 0 Å². The lowest BCUT2D eigenvalue weighted by Gasteiger charge is -2.35. The van der Waals surface area contributed by atoms with E-state index >= 15 is 0 Å². The minimum Gasteiger partial charge on any atom is -0.484 e. The van der Waals surface area contributed by atoms with E-state index < -0.39 is 34.5 Å². The number of nitrogens with zero attached hydrogens (tertiary/aromatic N) is 1. The molecule has 0 saturated carbocycles. The van der Waals surface area contributed by atoms with Crippen LogP contribution in [-0.4, -0.2) is 38.7 Å². The van der Waals surface area contributed by atoms with Gasteiger partial charge in [0, 0.05) is 11.4 Å². The fraction of sp³-hybridized carbons (Fsp3) is 0.136. The molecule has 0 fully saturated rings. The monoisotopic (exact) mass is 491 g/mol. The van der Waals surface area contributed by atoms with Gasteiger partial charge in [-0.1, -0.05) is 23.7 Å². The Morgan fingerprint density at radius 2 is 1.97 bits per heavy atom. The standard InChI is InChI=1S/C22H19ClFN3O5S/c23-17-5-2-6-18(24)21(17)22(29)26-14-7-8-20-19(10-14)27(11-15(12-28)32-20)33(30,31)16-4-1-3-13(25)9-16/h1-10,15,28H,11-12,25H2,(H,26,29)/t15-/m0/s1. The number of aliphatic hydroxyl groups is 1. The van der Waals surface area contributed by atoms with Crippen molar-refractivity contribution in [3.05, 3.63) is 77.1 Å². The Balaban J connectivity index is 1.73. The Labute approximate surface area is 194 Å². The number of amides is 1. The molecule has 0 saturated heterocycles. The molecule has 0 aromatic heterocycles. The molecule has 1 aliphatic rings. The number of nitrogen functional groups attached to an aromatic ring is 1. The number of nitrogens with one attached hydrogen (secondary N) is 1. The Morgan fingerprint density at radius 1 is 1.21 bits per heavy atom. The largest absolute Gasteiger partial charge is 0.484 e. The number of fused-ring (bicyclic) bond motifs is 1. The van der Waals surface area contributed by atoms with Gasteiger partial charge < -0.3 is 20.9 Å². The molecule has 0 radical (unpaired) electrons. The van der Waals surface area contributed by atoms with Crippen LogP contribution in [0.5, 0.6) is 5.75 Å². The van der Waals surface area contributed by atoms with E-state index in [1.807, 2.05) is 0 Å². The van der Waals surface area contributed by atoms with Crippen molar-refractivity contribution >= 4 is 44.6 Å². The van der Waals surface area contributed by atoms with Crippen LogP contribution in [0.4, 0.5) is 21.5 Å². The highest BCUT2D eigenvalue weighted by molar-refractivity contribution is 7.92. The summed E-state index contributed by atoms with van der Waals surface area (Å²) in [4.78, 5) is 12.6. The first-order chi connectivity index (χ1) is 15.7. The molecule has 1 atom stereocenters. The number of anilines is 3. The normalized spacial score (nSPS) is 15.5. The fourth-order valence-corrected chi connectivity index (χ4v) is 5.23. The van der Waals surface area contributed by atoms with Crippen molar-refractivity contribution in [2.45, 2.75) is 11.0 Å². The zero-order valence-corrected chi connectivity index (χ0v) is 18.6. The molecule has 4 rings (SSSR count). The molecule has 172 valence electrons. The second-order valence-corrected chi connectivity index (χ2v) is 9.53. The van der Waals surface area contributed by atoms with Crippen LogP contribution in [0.25, 0.3) is 0 Å². The third kappa shape index (κ3) is 4.45. The molecule has 4 N–H and O–H groups in total. The van der Waals surface area contributed by atoms with Crippen LogP contribution >= 0.6 is 11.6 Å². The highest BCUT2D eigenvalue weighted by atomic mass is 35.5. The van der Waals surface area contributed by atoms with Gasteiger partial charge in [-0.25, -0.2) is 12.8 Å². The number of rotatable bonds is 5. The van der Waals surface area contributed by atoms with Crippen LogP contribution in [-0.2, 0) is 10.0 Å². The summed E-state index contributed by atoms with van der Waals surface area (Å²) in [6.45, 7) is -0.580. The van der Waals surface area contributed by atoms with Crippen LogP contribution < -0.4 is 20.1 Å². The first-order valence-electron chi connectivity index (χ1n) is 9.76. The summed E-state index contributed by atoms with van der Waals surface area (Å²) in [5.74, 6) is -1.40. The van der Waals surface area contributed by atoms with Crippen LogP contribution in [0, 0.1) is 5.82 Å². The minimum atomic E-state index is -4.08. The van der Waals surface area contributed by atoms with Crippen molar-refractivity contribution < 1.29 is 27.4 Å². The summed E-state index contributed by atoms with van der Waals surface area (Å²) in [6.07, 6.45) is -0.800. The molecule has 0 spiro atoms. The zero-order valence-electron chi connectivity index (χ0n) is 17.0. The van der Waals surface area contributed by atoms with Crippen LogP contribution in [0.2, 0.25) is 5.02 Å². The summed E-state index contributed by atoms with van der Waals surface area (Å²) in [5.41, 5.74) is 6.02. The molecule has 11 heteroatoms. The second-order valence-electron chi connectivity index (χ2n) is 7.26. The summed E-state index contributed by atoms with van der Waals surface area (Å²) in [5, 5.41) is 12.1. The second kappa shape index (κ2) is 8.89. The number of hydrogen-bond donors (Lipinski definition) is 3. The van der Waals surface area contributed by atoms with E-state index in [9.17, 15) is 22.7 Å². The summed E-state index contributed by atoms with van der Waals surface area (Å²) >= 11 is 5.96. The number of hydrogen-bond acceptors (Lipinski definition) is 6. The van der Waals surface area contributed by atoms with Gasteiger partial charge in [-0.15, -0.1) is 0 Å². The zero-order chi connectivity index (χ0) is 23.8. The van der Waals surface area contributed by atoms with Gasteiger partial charge in [-0.2, -0.15) is 0 Å². The van der Waals surface area contributed by atoms with E-state index in [4.69, 9.17) is 22.1 Å². The lowest BCUT2D eigenvalue weighted by Crippen LogP contribution is -2.45. The molecular formula is C22H19ClFN3O5S. The maximum atomic E-state index is 14.1. The molecule has 3 aromatic carbocycles. The SMILES string of the molecule is Nc1cccc(S(=O)(=O)N2C[C@@H](CO)Oc3ccc(NC(=O)c4c(F)cccc4Cl)cc32)c1. The summed E-state index contributed by atoms with van der Waals surface area (Å²) in [7, 11) is -4.08. The fourth-order valence-electron chi connectivity index (χ4n) is 3.42. The Hall–Kier alpha value is -3.34. The summed E-state index contributed by atoms with van der Waals surface area (Å²) < 4.78 is 47.6. The van der Waals surface area contributed by atoms with Crippen molar-refractivity contribution in [2.75, 3.05) is 28.5 Å². The molecule has 8 nitrogen and oxygen atoms in total. The van der Waals surface area contributed by atoms with Crippen LogP contribution in [0.15, 0.2) is 65.6 Å². The molecule has 3 aromatic rings. The number of ether oxygens (including phenoxy) is 1. The summed E-state index contributed by atoms with van der Waals surface area (Å²) in [6, 6.07) is 14.0. The smallest absolute Gasteiger partial charge is 0.264 e. The lowest BCUT2D eigenvalue weighted by molar-refractivity contribution is 0.102. The highest BCUT2D eigenvalue weighted by Crippen LogP contribution is 2.39. The minimum absolute atomic E-state index is 0.0420. The van der Waals surface area contributed by atoms with Gasteiger partial charge in [0.1, 0.15) is 17.7 Å². The Kier molecular flexibility index (Phi) is 6.15. The van der Waals surface area contributed by atoms with E-state index in [-0.39, 0.29) is 44.8 Å². The van der Waals surface area contributed by atoms with Crippen LogP contribution in [0.3, 0.4) is 0 Å². The molecule has 1 amide bonds. The topological polar surface area (TPSA) is 122 Å². The van der Waals surface area contributed by atoms with E-state index in [0.717, 1.165) is 10.4 Å². The highest BCUT2D eigenvalue weighted by Gasteiger charge is 2.35. The Bertz CT molecular complexity index is 1320. The van der Waals surface area contributed by atoms with Gasteiger partial charge in [0.15, 0.2) is 0 Å². The third-order valence-electron chi connectivity index (χ3n) is 4.99. The molecule has 0 bridgehead atoms. The van der Waals surface area contributed by atoms with Crippen LogP contribution in [0.1, 0.15) is 10.4 Å². The maximum absolute atomic E-state index is 14.1. The number of benzene rings is 3. The molecule has 1 aliphatic heterocycles. The Morgan fingerprint density at radius 3 is 2.67 bits per heavy atom. The quantitative estimate of drug-likeness (QED) is 0.471. The molecular weight excluding hydrogens is 473 g/mol. The van der Waals surface area contributed by atoms with Gasteiger partial charge in [-0.3, -0.25) is 9.10 Å². The van der Waals surface area contributed by atoms with Gasteiger partial charge in [-0.05, 0) is 48.5 Å². The van der Waals surface area contributed by atoms with Crippen molar-refractivity contribution in [3.8, 4) is 5.75 Å². The van der Waals surface area contributed by atoms with E-state index in [0.29, 0.717) is 0 Å². The van der Waals surface area contributed by atoms with Gasteiger partial charge in [0.05, 0.1) is 34.3 Å². The number of carbonyl (C=O) groups excluding carboxylic acids is 1. The molecule has 1 heterocycles. The van der Waals surface area contributed by atoms with E-state index in [2.05, 4.69) is 5.32 Å². The predicted octanol–water partition coefficient (Wildman–Crippen LogP) is 3.26. The average molecular weight is 492 g/mol. The van der Waals surface area contributed by atoms with Gasteiger partial charge >= 0.3 is 0 Å². The predicted molar refractivity (Wildman–Crippen MR) is 123 cm³/mol. The first kappa shape index (κ1) is 22.8. The number of halogens is 2. The molecule has 0 aliphatic carbocycles. The van der Waals surface area contributed by atoms with E-state index in [1.165, 1.54) is 48.5 Å². The number of carbonyl (C=O) groups is 1. The van der Waals surface area contributed by atoms with Crippen molar-refractivity contribution in [2.24, 2.45) is 0 Å². The van der Waals surface area contributed by atoms with Crippen molar-refractivity contribution in [1.82, 2.24) is 0 Å².